The summed E-state index contributed by atoms with van der Waals surface area (Å²) in [6, 6.07) is 17.4. The summed E-state index contributed by atoms with van der Waals surface area (Å²) < 4.78 is 37.9. The lowest BCUT2D eigenvalue weighted by Gasteiger charge is -2.25. The van der Waals surface area contributed by atoms with Crippen LogP contribution in [0.3, 0.4) is 0 Å². The van der Waals surface area contributed by atoms with Crippen molar-refractivity contribution in [3.05, 3.63) is 116 Å². The fraction of sp³-hybridized carbons (Fsp3) is 0.185. The molecule has 0 aliphatic carbocycles. The number of nitrogens with one attached hydrogen (secondary N) is 2. The lowest BCUT2D eigenvalue weighted by atomic mass is 9.96. The smallest absolute Gasteiger partial charge is 0.272 e. The topological polar surface area (TPSA) is 76.7 Å². The third-order valence-corrected chi connectivity index (χ3v) is 5.81. The fourth-order valence-corrected chi connectivity index (χ4v) is 3.97. The van der Waals surface area contributed by atoms with Crippen LogP contribution in [0.5, 0.6) is 11.5 Å². The van der Waals surface area contributed by atoms with E-state index in [0.717, 1.165) is 17.2 Å². The Balaban J connectivity index is 1.69. The third-order valence-electron chi connectivity index (χ3n) is 5.81. The van der Waals surface area contributed by atoms with E-state index in [1.165, 1.54) is 19.2 Å². The molecule has 2 atom stereocenters. The molecule has 8 heteroatoms. The van der Waals surface area contributed by atoms with Gasteiger partial charge in [0.15, 0.2) is 5.75 Å². The zero-order valence-electron chi connectivity index (χ0n) is 19.4. The lowest BCUT2D eigenvalue weighted by molar-refractivity contribution is 0.408. The van der Waals surface area contributed by atoms with Crippen molar-refractivity contribution in [2.24, 2.45) is 0 Å². The number of ether oxygens (including phenoxy) is 2. The monoisotopic (exact) mass is 478 g/mol. The number of rotatable bonds is 9. The molecule has 0 bridgehead atoms. The molecule has 0 aromatic heterocycles. The van der Waals surface area contributed by atoms with Crippen molar-refractivity contribution in [3.63, 3.8) is 0 Å². The number of benzene rings is 3. The minimum atomic E-state index is -0.667. The van der Waals surface area contributed by atoms with Crippen LogP contribution in [0.4, 0.5) is 20.2 Å². The molecule has 4 aromatic carbocycles. The number of anilines is 2. The Labute approximate surface area is 200 Å². The summed E-state index contributed by atoms with van der Waals surface area (Å²) in [5.74, 6) is -0.618. The Morgan fingerprint density at radius 3 is 2.09 bits per heavy atom. The van der Waals surface area contributed by atoms with Gasteiger partial charge in [0.2, 0.25) is 0 Å². The summed E-state index contributed by atoms with van der Waals surface area (Å²) in [6.07, 6.45) is 0. The molecular formula is C27H24F2N2O4. The molecule has 2 N–H and O–H groups in total. The predicted octanol–water partition coefficient (Wildman–Crippen LogP) is 4.76. The predicted molar refractivity (Wildman–Crippen MR) is 130 cm³/mol. The van der Waals surface area contributed by atoms with Crippen molar-refractivity contribution < 1.29 is 18.3 Å². The summed E-state index contributed by atoms with van der Waals surface area (Å²) in [5.41, 5.74) is 1.55. The summed E-state index contributed by atoms with van der Waals surface area (Å²) >= 11 is 0. The molecule has 180 valence electrons. The second-order valence-corrected chi connectivity index (χ2v) is 8.11. The van der Waals surface area contributed by atoms with Gasteiger partial charge >= 0.3 is 0 Å². The van der Waals surface area contributed by atoms with Crippen LogP contribution < -0.4 is 31.0 Å². The molecule has 4 rings (SSSR count). The van der Waals surface area contributed by atoms with Gasteiger partial charge in [-0.25, -0.2) is 8.78 Å². The maximum absolute atomic E-state index is 13.8. The maximum atomic E-state index is 13.8. The Bertz CT molecular complexity index is 1390. The Morgan fingerprint density at radius 1 is 0.771 bits per heavy atom. The van der Waals surface area contributed by atoms with Crippen LogP contribution in [0.1, 0.15) is 35.7 Å². The van der Waals surface area contributed by atoms with E-state index < -0.39 is 28.5 Å². The molecule has 0 aliphatic heterocycles. The Morgan fingerprint density at radius 2 is 1.46 bits per heavy atom. The van der Waals surface area contributed by atoms with E-state index >= 15 is 0 Å². The first-order chi connectivity index (χ1) is 16.8. The Kier molecular flexibility index (Phi) is 6.93. The second-order valence-electron chi connectivity index (χ2n) is 8.11. The minimum Gasteiger partial charge on any atom is -0.497 e. The summed E-state index contributed by atoms with van der Waals surface area (Å²) in [7, 11) is 2.91. The van der Waals surface area contributed by atoms with Gasteiger partial charge in [0.25, 0.3) is 10.9 Å². The van der Waals surface area contributed by atoms with Crippen LogP contribution in [-0.2, 0) is 0 Å². The first-order valence-corrected chi connectivity index (χ1v) is 10.9. The zero-order chi connectivity index (χ0) is 25.1. The van der Waals surface area contributed by atoms with Crippen LogP contribution in [0, 0.1) is 11.6 Å². The molecular weight excluding hydrogens is 454 g/mol. The second kappa shape index (κ2) is 10.1. The molecule has 0 amide bonds. The van der Waals surface area contributed by atoms with Crippen LogP contribution in [-0.4, -0.2) is 14.2 Å². The zero-order valence-corrected chi connectivity index (χ0v) is 19.4. The van der Waals surface area contributed by atoms with Gasteiger partial charge in [0.1, 0.15) is 23.1 Å². The molecule has 4 aromatic rings. The fourth-order valence-electron chi connectivity index (χ4n) is 3.97. The van der Waals surface area contributed by atoms with E-state index in [0.29, 0.717) is 17.0 Å². The highest BCUT2D eigenvalue weighted by molar-refractivity contribution is 5.70. The molecule has 2 unspecified atom stereocenters. The van der Waals surface area contributed by atoms with Gasteiger partial charge in [0, 0.05) is 17.8 Å². The first kappa shape index (κ1) is 24.1. The van der Waals surface area contributed by atoms with Crippen molar-refractivity contribution in [1.82, 2.24) is 5.32 Å². The summed E-state index contributed by atoms with van der Waals surface area (Å²) in [6.45, 7) is 1.82. The molecule has 35 heavy (non-hydrogen) atoms. The average molecular weight is 478 g/mol. The number of methoxy groups -OCH3 is 2. The molecule has 0 fully saturated rings. The largest absolute Gasteiger partial charge is 0.497 e. The molecule has 0 heterocycles. The molecule has 0 saturated heterocycles. The maximum Gasteiger partial charge on any atom is 0.272 e. The van der Waals surface area contributed by atoms with Gasteiger partial charge in [-0.05, 0) is 60.0 Å². The van der Waals surface area contributed by atoms with Crippen LogP contribution in [0.2, 0.25) is 0 Å². The van der Waals surface area contributed by atoms with Crippen molar-refractivity contribution in [1.29, 1.82) is 0 Å². The number of hydrogen-bond acceptors (Lipinski definition) is 6. The van der Waals surface area contributed by atoms with Crippen LogP contribution in [0.25, 0.3) is 0 Å². The standard InChI is InChI=1S/C27H24F2N2O4/c1-15(18-11-19(28)14-20(29)12-18)30-23(16-7-9-22(34-2)10-8-16)17-5-4-6-21(13-17)31-24-25(32)26(33)27(24)35-3/h4-15,23,30-31H,1-3H3. The van der Waals surface area contributed by atoms with E-state index in [2.05, 4.69) is 10.6 Å². The molecule has 0 spiro atoms. The normalized spacial score (nSPS) is 12.8. The van der Waals surface area contributed by atoms with Crippen LogP contribution in [0.15, 0.2) is 76.3 Å². The summed E-state index contributed by atoms with van der Waals surface area (Å²) in [5, 5.41) is 6.40. The highest BCUT2D eigenvalue weighted by Gasteiger charge is 2.23. The van der Waals surface area contributed by atoms with Gasteiger partial charge in [-0.3, -0.25) is 14.9 Å². The average Bonchev–Trinajstić information content (AvgIpc) is 2.86. The number of hydrogen-bond donors (Lipinski definition) is 2. The van der Waals surface area contributed by atoms with Crippen molar-refractivity contribution in [2.45, 2.75) is 19.0 Å². The van der Waals surface area contributed by atoms with Crippen molar-refractivity contribution >= 4 is 11.4 Å². The minimum absolute atomic E-state index is 0.00742. The quantitative estimate of drug-likeness (QED) is 0.338. The van der Waals surface area contributed by atoms with Crippen molar-refractivity contribution in [3.8, 4) is 11.5 Å². The van der Waals surface area contributed by atoms with Crippen molar-refractivity contribution in [2.75, 3.05) is 19.5 Å². The van der Waals surface area contributed by atoms with Crippen LogP contribution >= 0.6 is 0 Å². The van der Waals surface area contributed by atoms with E-state index in [1.807, 2.05) is 43.3 Å². The molecule has 6 nitrogen and oxygen atoms in total. The van der Waals surface area contributed by atoms with Gasteiger partial charge in [-0.1, -0.05) is 24.3 Å². The van der Waals surface area contributed by atoms with E-state index in [1.54, 1.807) is 19.2 Å². The van der Waals surface area contributed by atoms with E-state index in [-0.39, 0.29) is 17.5 Å². The highest BCUT2D eigenvalue weighted by Crippen LogP contribution is 2.31. The van der Waals surface area contributed by atoms with Gasteiger partial charge in [-0.15, -0.1) is 0 Å². The van der Waals surface area contributed by atoms with Gasteiger partial charge < -0.3 is 14.8 Å². The Hall–Kier alpha value is -4.04. The van der Waals surface area contributed by atoms with Gasteiger partial charge in [-0.2, -0.15) is 0 Å². The lowest BCUT2D eigenvalue weighted by Crippen LogP contribution is -2.34. The molecule has 0 aliphatic rings. The molecule has 0 saturated carbocycles. The van der Waals surface area contributed by atoms with E-state index in [4.69, 9.17) is 9.47 Å². The highest BCUT2D eigenvalue weighted by atomic mass is 19.1. The molecule has 0 radical (unpaired) electrons. The third kappa shape index (κ3) is 5.07. The first-order valence-electron chi connectivity index (χ1n) is 10.9. The number of halogens is 2. The van der Waals surface area contributed by atoms with E-state index in [9.17, 15) is 18.4 Å². The summed E-state index contributed by atoms with van der Waals surface area (Å²) in [4.78, 5) is 23.6. The SMILES string of the molecule is COc1ccc(C(NC(C)c2cc(F)cc(F)c2)c2cccc(Nc3c(OC)c(=O)c3=O)c2)cc1. The van der Waals surface area contributed by atoms with Gasteiger partial charge in [0.05, 0.1) is 20.3 Å².